The number of anilines is 1. The highest BCUT2D eigenvalue weighted by atomic mass is 79.9. The lowest BCUT2D eigenvalue weighted by molar-refractivity contribution is -0.123. The van der Waals surface area contributed by atoms with E-state index < -0.39 is 6.04 Å². The molecule has 1 aliphatic rings. The molecule has 1 aliphatic heterocycles. The first-order chi connectivity index (χ1) is 9.02. The van der Waals surface area contributed by atoms with Gasteiger partial charge >= 0.3 is 0 Å². The third kappa shape index (κ3) is 3.09. The number of hydrogen-bond donors (Lipinski definition) is 2. The number of amides is 1. The Morgan fingerprint density at radius 1 is 1.53 bits per heavy atom. The number of aliphatic hydroxyl groups is 1. The third-order valence-corrected chi connectivity index (χ3v) is 4.01. The van der Waals surface area contributed by atoms with Gasteiger partial charge in [0.2, 0.25) is 5.91 Å². The second-order valence-corrected chi connectivity index (χ2v) is 5.94. The van der Waals surface area contributed by atoms with Crippen molar-refractivity contribution in [3.05, 3.63) is 28.2 Å². The van der Waals surface area contributed by atoms with Gasteiger partial charge in [-0.2, -0.15) is 0 Å². The molecule has 0 saturated carbocycles. The van der Waals surface area contributed by atoms with Crippen molar-refractivity contribution in [1.29, 1.82) is 0 Å². The normalized spacial score (nSPS) is 24.0. The van der Waals surface area contributed by atoms with Crippen LogP contribution in [-0.4, -0.2) is 36.2 Å². The van der Waals surface area contributed by atoms with Gasteiger partial charge in [0.15, 0.2) is 0 Å². The van der Waals surface area contributed by atoms with Crippen LogP contribution in [0.4, 0.5) is 5.69 Å². The number of nitrogens with one attached hydrogen (secondary N) is 1. The van der Waals surface area contributed by atoms with E-state index in [4.69, 9.17) is 0 Å². The molecule has 0 spiro atoms. The molecule has 1 amide bonds. The van der Waals surface area contributed by atoms with Gasteiger partial charge in [0.25, 0.3) is 0 Å². The predicted molar refractivity (Wildman–Crippen MR) is 79.3 cm³/mol. The topological polar surface area (TPSA) is 52.6 Å². The number of nitrogens with zero attached hydrogens (tertiary/aromatic N) is 1. The number of halogens is 1. The average Bonchev–Trinajstić information content (AvgIpc) is 2.48. The van der Waals surface area contributed by atoms with Gasteiger partial charge in [-0.3, -0.25) is 4.79 Å². The number of aryl methyl sites for hydroxylation is 1. The summed E-state index contributed by atoms with van der Waals surface area (Å²) in [6.07, 6.45) is 0.873. The molecule has 5 heteroatoms. The second kappa shape index (κ2) is 5.92. The zero-order valence-electron chi connectivity index (χ0n) is 11.2. The van der Waals surface area contributed by atoms with Crippen molar-refractivity contribution in [2.45, 2.75) is 32.4 Å². The number of rotatable bonds is 2. The van der Waals surface area contributed by atoms with Gasteiger partial charge < -0.3 is 15.3 Å². The molecule has 0 aromatic heterocycles. The molecule has 1 aromatic carbocycles. The lowest BCUT2D eigenvalue weighted by atomic mass is 10.1. The summed E-state index contributed by atoms with van der Waals surface area (Å²) >= 11 is 3.44. The molecular formula is C14H19BrN2O2. The van der Waals surface area contributed by atoms with Crippen molar-refractivity contribution < 1.29 is 9.90 Å². The Morgan fingerprint density at radius 2 is 2.26 bits per heavy atom. The maximum atomic E-state index is 12.1. The molecule has 0 radical (unpaired) electrons. The van der Waals surface area contributed by atoms with Crippen LogP contribution < -0.4 is 10.2 Å². The Hall–Kier alpha value is -1.07. The highest BCUT2D eigenvalue weighted by Crippen LogP contribution is 2.27. The van der Waals surface area contributed by atoms with Gasteiger partial charge in [-0.1, -0.05) is 15.9 Å². The molecule has 1 saturated heterocycles. The summed E-state index contributed by atoms with van der Waals surface area (Å²) < 4.78 is 1.02. The van der Waals surface area contributed by atoms with Crippen LogP contribution >= 0.6 is 15.9 Å². The maximum absolute atomic E-state index is 12.1. The summed E-state index contributed by atoms with van der Waals surface area (Å²) in [4.78, 5) is 14.1. The Kier molecular flexibility index (Phi) is 4.47. The molecule has 2 N–H and O–H groups in total. The van der Waals surface area contributed by atoms with Crippen LogP contribution in [0.25, 0.3) is 0 Å². The van der Waals surface area contributed by atoms with E-state index in [1.807, 2.05) is 36.9 Å². The Bertz CT molecular complexity index is 479. The molecule has 0 aliphatic carbocycles. The number of carbonyl (C=O) groups is 1. The molecule has 104 valence electrons. The van der Waals surface area contributed by atoms with Gasteiger partial charge in [0.05, 0.1) is 6.61 Å². The van der Waals surface area contributed by atoms with Crippen LogP contribution in [0.1, 0.15) is 18.9 Å². The number of hydrogen-bond acceptors (Lipinski definition) is 3. The number of carbonyl (C=O) groups excluding carboxylic acids is 1. The lowest BCUT2D eigenvalue weighted by Crippen LogP contribution is -2.47. The van der Waals surface area contributed by atoms with Crippen LogP contribution in [0, 0.1) is 6.92 Å². The van der Waals surface area contributed by atoms with Crippen molar-refractivity contribution in [3.63, 3.8) is 0 Å². The maximum Gasteiger partial charge on any atom is 0.245 e. The van der Waals surface area contributed by atoms with E-state index in [0.717, 1.165) is 28.7 Å². The zero-order valence-corrected chi connectivity index (χ0v) is 12.8. The summed E-state index contributed by atoms with van der Waals surface area (Å²) in [7, 11) is 0. The van der Waals surface area contributed by atoms with Crippen LogP contribution in [0.2, 0.25) is 0 Å². The van der Waals surface area contributed by atoms with E-state index in [1.54, 1.807) is 0 Å². The first kappa shape index (κ1) is 14.3. The van der Waals surface area contributed by atoms with Gasteiger partial charge in [-0.25, -0.2) is 0 Å². The summed E-state index contributed by atoms with van der Waals surface area (Å²) in [6.45, 7) is 4.59. The Morgan fingerprint density at radius 3 is 2.89 bits per heavy atom. The van der Waals surface area contributed by atoms with Crippen molar-refractivity contribution in [3.8, 4) is 0 Å². The molecule has 1 heterocycles. The minimum Gasteiger partial charge on any atom is -0.394 e. The van der Waals surface area contributed by atoms with Gasteiger partial charge in [-0.15, -0.1) is 0 Å². The molecule has 19 heavy (non-hydrogen) atoms. The van der Waals surface area contributed by atoms with E-state index in [0.29, 0.717) is 0 Å². The Labute approximate surface area is 121 Å². The highest BCUT2D eigenvalue weighted by Gasteiger charge is 2.30. The minimum atomic E-state index is -0.509. The molecule has 2 unspecified atom stereocenters. The van der Waals surface area contributed by atoms with Crippen LogP contribution in [-0.2, 0) is 4.79 Å². The van der Waals surface area contributed by atoms with E-state index in [1.165, 1.54) is 0 Å². The molecular weight excluding hydrogens is 308 g/mol. The first-order valence-corrected chi connectivity index (χ1v) is 7.26. The van der Waals surface area contributed by atoms with Gasteiger partial charge in [0, 0.05) is 22.7 Å². The Balaban J connectivity index is 2.36. The minimum absolute atomic E-state index is 0.102. The van der Waals surface area contributed by atoms with Crippen molar-refractivity contribution in [2.75, 3.05) is 18.1 Å². The van der Waals surface area contributed by atoms with E-state index >= 15 is 0 Å². The molecule has 0 bridgehead atoms. The second-order valence-electron chi connectivity index (χ2n) is 5.02. The van der Waals surface area contributed by atoms with Crippen molar-refractivity contribution in [2.24, 2.45) is 0 Å². The monoisotopic (exact) mass is 326 g/mol. The standard InChI is InChI=1S/C14H19BrN2O2/c1-9-7-11(15)3-4-12(9)17-6-5-10(2)16-14(19)13(17)8-18/h3-4,7,10,13,18H,5-6,8H2,1-2H3,(H,16,19). The van der Waals surface area contributed by atoms with Crippen molar-refractivity contribution >= 4 is 27.5 Å². The van der Waals surface area contributed by atoms with Crippen LogP contribution in [0.3, 0.4) is 0 Å². The molecule has 4 nitrogen and oxygen atoms in total. The highest BCUT2D eigenvalue weighted by molar-refractivity contribution is 9.10. The summed E-state index contributed by atoms with van der Waals surface area (Å²) in [5.74, 6) is -0.102. The fraction of sp³-hybridized carbons (Fsp3) is 0.500. The van der Waals surface area contributed by atoms with E-state index in [-0.39, 0.29) is 18.6 Å². The zero-order chi connectivity index (χ0) is 14.0. The van der Waals surface area contributed by atoms with Gasteiger partial charge in [-0.05, 0) is 44.0 Å². The SMILES string of the molecule is Cc1cc(Br)ccc1N1CCC(C)NC(=O)C1CO. The molecule has 1 fully saturated rings. The fourth-order valence-corrected chi connectivity index (χ4v) is 2.93. The number of benzene rings is 1. The molecule has 2 atom stereocenters. The van der Waals surface area contributed by atoms with Crippen LogP contribution in [0.15, 0.2) is 22.7 Å². The summed E-state index contributed by atoms with van der Waals surface area (Å²) in [5.41, 5.74) is 2.10. The lowest BCUT2D eigenvalue weighted by Gasteiger charge is -2.30. The summed E-state index contributed by atoms with van der Waals surface area (Å²) in [6, 6.07) is 5.61. The first-order valence-electron chi connectivity index (χ1n) is 6.47. The van der Waals surface area contributed by atoms with Crippen molar-refractivity contribution in [1.82, 2.24) is 5.32 Å². The smallest absolute Gasteiger partial charge is 0.245 e. The molecule has 2 rings (SSSR count). The largest absolute Gasteiger partial charge is 0.394 e. The van der Waals surface area contributed by atoms with Crippen LogP contribution in [0.5, 0.6) is 0 Å². The summed E-state index contributed by atoms with van der Waals surface area (Å²) in [5, 5.41) is 12.5. The third-order valence-electron chi connectivity index (χ3n) is 3.51. The predicted octanol–water partition coefficient (Wildman–Crippen LogP) is 1.83. The van der Waals surface area contributed by atoms with E-state index in [2.05, 4.69) is 21.2 Å². The fourth-order valence-electron chi connectivity index (χ4n) is 2.45. The average molecular weight is 327 g/mol. The van der Waals surface area contributed by atoms with E-state index in [9.17, 15) is 9.90 Å². The van der Waals surface area contributed by atoms with Gasteiger partial charge in [0.1, 0.15) is 6.04 Å². The number of aliphatic hydroxyl groups excluding tert-OH is 1. The molecule has 1 aromatic rings. The quantitative estimate of drug-likeness (QED) is 0.871.